The SMILES string of the molecule is O=C1CCC(N2Cc3c(N/C(=C4/C(=O)CC(c5ccccc5)CC4O)c4ccccc4)cccc3C2=O)C(=O)N1. The molecule has 2 fully saturated rings. The predicted octanol–water partition coefficient (Wildman–Crippen LogP) is 3.78. The van der Waals surface area contributed by atoms with Crippen LogP contribution in [0.3, 0.4) is 0 Å². The fourth-order valence-electron chi connectivity index (χ4n) is 6.01. The van der Waals surface area contributed by atoms with Gasteiger partial charge in [-0.1, -0.05) is 66.7 Å². The lowest BCUT2D eigenvalue weighted by Crippen LogP contribution is -2.52. The summed E-state index contributed by atoms with van der Waals surface area (Å²) in [6.45, 7) is 0.188. The molecule has 0 radical (unpaired) electrons. The molecule has 6 rings (SSSR count). The van der Waals surface area contributed by atoms with Crippen molar-refractivity contribution in [3.63, 3.8) is 0 Å². The number of Topliss-reactive ketones (excluding diaryl/α,β-unsaturated/α-hetero) is 1. The number of nitrogens with one attached hydrogen (secondary N) is 2. The molecule has 3 aromatic carbocycles. The number of aliphatic hydroxyl groups excluding tert-OH is 1. The molecule has 2 heterocycles. The number of aliphatic hydroxyl groups is 1. The Labute approximate surface area is 231 Å². The molecule has 0 spiro atoms. The first kappa shape index (κ1) is 25.7. The van der Waals surface area contributed by atoms with Gasteiger partial charge in [0, 0.05) is 41.8 Å². The number of ketones is 1. The van der Waals surface area contributed by atoms with Gasteiger partial charge in [-0.3, -0.25) is 24.5 Å². The summed E-state index contributed by atoms with van der Waals surface area (Å²) in [5, 5.41) is 17.1. The summed E-state index contributed by atoms with van der Waals surface area (Å²) >= 11 is 0. The lowest BCUT2D eigenvalue weighted by Gasteiger charge is -2.30. The number of imide groups is 1. The number of fused-ring (bicyclic) bond motifs is 1. The molecule has 3 aromatic rings. The number of benzene rings is 3. The zero-order valence-electron chi connectivity index (χ0n) is 21.8. The number of piperidine rings is 1. The lowest BCUT2D eigenvalue weighted by atomic mass is 9.78. The second-order valence-corrected chi connectivity index (χ2v) is 10.5. The van der Waals surface area contributed by atoms with E-state index in [2.05, 4.69) is 10.6 Å². The quantitative estimate of drug-likeness (QED) is 0.338. The van der Waals surface area contributed by atoms with Crippen LogP contribution in [0.15, 0.2) is 84.4 Å². The molecule has 0 bridgehead atoms. The maximum absolute atomic E-state index is 13.6. The number of amides is 3. The van der Waals surface area contributed by atoms with Crippen LogP contribution in [0.4, 0.5) is 5.69 Å². The minimum atomic E-state index is -0.979. The van der Waals surface area contributed by atoms with E-state index in [1.807, 2.05) is 66.7 Å². The monoisotopic (exact) mass is 535 g/mol. The Morgan fingerprint density at radius 2 is 1.62 bits per heavy atom. The van der Waals surface area contributed by atoms with E-state index in [-0.39, 0.29) is 49.3 Å². The number of hydrogen-bond donors (Lipinski definition) is 3. The molecule has 1 aliphatic carbocycles. The van der Waals surface area contributed by atoms with Gasteiger partial charge in [-0.05, 0) is 42.0 Å². The van der Waals surface area contributed by atoms with Crippen LogP contribution in [-0.2, 0) is 20.9 Å². The van der Waals surface area contributed by atoms with Crippen molar-refractivity contribution < 1.29 is 24.3 Å². The molecular formula is C32H29N3O5. The highest BCUT2D eigenvalue weighted by atomic mass is 16.3. The summed E-state index contributed by atoms with van der Waals surface area (Å²) in [4.78, 5) is 52.6. The van der Waals surface area contributed by atoms with Crippen LogP contribution in [0.2, 0.25) is 0 Å². The van der Waals surface area contributed by atoms with Crippen LogP contribution in [0.1, 0.15) is 58.6 Å². The largest absolute Gasteiger partial charge is 0.388 e. The molecule has 3 atom stereocenters. The summed E-state index contributed by atoms with van der Waals surface area (Å²) < 4.78 is 0. The van der Waals surface area contributed by atoms with Gasteiger partial charge >= 0.3 is 0 Å². The van der Waals surface area contributed by atoms with E-state index in [0.29, 0.717) is 34.5 Å². The van der Waals surface area contributed by atoms with Crippen LogP contribution in [0.5, 0.6) is 0 Å². The highest BCUT2D eigenvalue weighted by Crippen LogP contribution is 2.39. The Kier molecular flexibility index (Phi) is 6.77. The van der Waals surface area contributed by atoms with E-state index in [1.165, 1.54) is 4.90 Å². The summed E-state index contributed by atoms with van der Waals surface area (Å²) in [6.07, 6.45) is 0.166. The Hall–Kier alpha value is -4.56. The van der Waals surface area contributed by atoms with Crippen LogP contribution in [0.25, 0.3) is 5.70 Å². The van der Waals surface area contributed by atoms with Crippen LogP contribution >= 0.6 is 0 Å². The minimum absolute atomic E-state index is 0.0786. The summed E-state index contributed by atoms with van der Waals surface area (Å²) in [5.41, 5.74) is 4.38. The molecule has 202 valence electrons. The molecule has 1 saturated carbocycles. The third-order valence-electron chi connectivity index (χ3n) is 8.02. The topological polar surface area (TPSA) is 116 Å². The number of hydrogen-bond acceptors (Lipinski definition) is 6. The molecule has 8 heteroatoms. The van der Waals surface area contributed by atoms with Gasteiger partial charge in [0.2, 0.25) is 11.8 Å². The van der Waals surface area contributed by atoms with Gasteiger partial charge in [0.15, 0.2) is 5.78 Å². The van der Waals surface area contributed by atoms with Gasteiger partial charge in [0.05, 0.1) is 11.8 Å². The Balaban J connectivity index is 1.35. The zero-order chi connectivity index (χ0) is 27.8. The van der Waals surface area contributed by atoms with Crippen molar-refractivity contribution in [3.05, 3.63) is 107 Å². The smallest absolute Gasteiger partial charge is 0.255 e. The van der Waals surface area contributed by atoms with Gasteiger partial charge in [0.25, 0.3) is 5.91 Å². The molecule has 3 unspecified atom stereocenters. The number of carbonyl (C=O) groups is 4. The van der Waals surface area contributed by atoms with Crippen molar-refractivity contribution in [1.29, 1.82) is 0 Å². The molecular weight excluding hydrogens is 506 g/mol. The molecule has 2 aliphatic heterocycles. The molecule has 0 aromatic heterocycles. The molecule has 8 nitrogen and oxygen atoms in total. The average molecular weight is 536 g/mol. The van der Waals surface area contributed by atoms with Crippen LogP contribution in [0, 0.1) is 0 Å². The predicted molar refractivity (Wildman–Crippen MR) is 149 cm³/mol. The number of rotatable bonds is 5. The first-order valence-electron chi connectivity index (χ1n) is 13.5. The summed E-state index contributed by atoms with van der Waals surface area (Å²) in [7, 11) is 0. The van der Waals surface area contributed by atoms with Crippen LogP contribution in [-0.4, -0.2) is 45.7 Å². The normalized spacial score (nSPS) is 24.0. The number of nitrogens with zero attached hydrogens (tertiary/aromatic N) is 1. The molecule has 3 amide bonds. The van der Waals surface area contributed by atoms with Crippen molar-refractivity contribution in [1.82, 2.24) is 10.2 Å². The second kappa shape index (κ2) is 10.5. The van der Waals surface area contributed by atoms with Gasteiger partial charge in [-0.15, -0.1) is 0 Å². The number of anilines is 1. The molecule has 3 aliphatic rings. The van der Waals surface area contributed by atoms with Gasteiger partial charge in [-0.2, -0.15) is 0 Å². The van der Waals surface area contributed by atoms with Gasteiger partial charge in [0.1, 0.15) is 6.04 Å². The minimum Gasteiger partial charge on any atom is -0.388 e. The standard InChI is InChI=1S/C32H29N3O5/c36-26-16-21(19-8-3-1-4-9-19)17-27(37)29(26)30(20-10-5-2-6-11-20)33-24-13-7-12-22-23(24)18-35(32(22)40)25-14-15-28(38)34-31(25)39/h1-13,21,25-26,33,36H,14-18H2,(H,34,38,39)/b30-29+. The third-order valence-corrected chi connectivity index (χ3v) is 8.02. The maximum atomic E-state index is 13.6. The Bertz CT molecular complexity index is 1530. The van der Waals surface area contributed by atoms with Crippen molar-refractivity contribution in [2.24, 2.45) is 0 Å². The first-order valence-corrected chi connectivity index (χ1v) is 13.5. The van der Waals surface area contributed by atoms with Crippen LogP contribution < -0.4 is 10.6 Å². The maximum Gasteiger partial charge on any atom is 0.255 e. The highest BCUT2D eigenvalue weighted by molar-refractivity contribution is 6.08. The van der Waals surface area contributed by atoms with Crippen molar-refractivity contribution in [2.75, 3.05) is 5.32 Å². The van der Waals surface area contributed by atoms with E-state index >= 15 is 0 Å². The molecule has 1 saturated heterocycles. The zero-order valence-corrected chi connectivity index (χ0v) is 21.8. The highest BCUT2D eigenvalue weighted by Gasteiger charge is 2.40. The molecule has 40 heavy (non-hydrogen) atoms. The summed E-state index contributed by atoms with van der Waals surface area (Å²) in [5.74, 6) is -1.29. The van der Waals surface area contributed by atoms with E-state index in [9.17, 15) is 24.3 Å². The van der Waals surface area contributed by atoms with E-state index in [4.69, 9.17) is 0 Å². The first-order chi connectivity index (χ1) is 19.4. The lowest BCUT2D eigenvalue weighted by molar-refractivity contribution is -0.137. The fourth-order valence-corrected chi connectivity index (χ4v) is 6.01. The molecule has 3 N–H and O–H groups in total. The average Bonchev–Trinajstić information content (AvgIpc) is 3.30. The summed E-state index contributed by atoms with van der Waals surface area (Å²) in [6, 6.07) is 23.7. The van der Waals surface area contributed by atoms with E-state index < -0.39 is 18.1 Å². The Morgan fingerprint density at radius 3 is 2.33 bits per heavy atom. The van der Waals surface area contributed by atoms with E-state index in [0.717, 1.165) is 11.1 Å². The third kappa shape index (κ3) is 4.71. The van der Waals surface area contributed by atoms with E-state index in [1.54, 1.807) is 12.1 Å². The van der Waals surface area contributed by atoms with Gasteiger partial charge < -0.3 is 15.3 Å². The van der Waals surface area contributed by atoms with Crippen molar-refractivity contribution >= 4 is 34.9 Å². The van der Waals surface area contributed by atoms with Gasteiger partial charge in [-0.25, -0.2) is 0 Å². The van der Waals surface area contributed by atoms with Crippen molar-refractivity contribution in [2.45, 2.75) is 50.3 Å². The second-order valence-electron chi connectivity index (χ2n) is 10.5. The Morgan fingerprint density at radius 1 is 0.900 bits per heavy atom. The number of carbonyl (C=O) groups excluding carboxylic acids is 4. The fraction of sp³-hybridized carbons (Fsp3) is 0.250. The van der Waals surface area contributed by atoms with Crippen molar-refractivity contribution in [3.8, 4) is 0 Å².